The zero-order valence-corrected chi connectivity index (χ0v) is 15.6. The van der Waals surface area contributed by atoms with Crippen LogP contribution in [0.4, 0.5) is 4.79 Å². The van der Waals surface area contributed by atoms with Gasteiger partial charge in [-0.1, -0.05) is 42.5 Å². The zero-order valence-electron chi connectivity index (χ0n) is 15.6. The summed E-state index contributed by atoms with van der Waals surface area (Å²) in [6.45, 7) is 1.63. The van der Waals surface area contributed by atoms with Crippen LogP contribution in [-0.4, -0.2) is 38.2 Å². The monoisotopic (exact) mass is 386 g/mol. The van der Waals surface area contributed by atoms with E-state index < -0.39 is 30.6 Å². The third kappa shape index (κ3) is 6.01. The fourth-order valence-electron chi connectivity index (χ4n) is 2.32. The first kappa shape index (κ1) is 20.8. The molecular formula is C20H22N2O6. The van der Waals surface area contributed by atoms with Crippen LogP contribution in [0.5, 0.6) is 11.5 Å². The van der Waals surface area contributed by atoms with E-state index in [1.807, 2.05) is 0 Å². The Morgan fingerprint density at radius 3 is 2.25 bits per heavy atom. The van der Waals surface area contributed by atoms with Gasteiger partial charge in [-0.15, -0.1) is 0 Å². The molecule has 0 bridgehead atoms. The second-order valence-electron chi connectivity index (χ2n) is 5.57. The Labute approximate surface area is 162 Å². The molecule has 2 aromatic rings. The van der Waals surface area contributed by atoms with Gasteiger partial charge in [-0.05, 0) is 19.1 Å². The molecule has 3 amide bonds. The average Bonchev–Trinajstić information content (AvgIpc) is 2.71. The van der Waals surface area contributed by atoms with Crippen molar-refractivity contribution in [3.8, 4) is 11.5 Å². The quantitative estimate of drug-likeness (QED) is 0.675. The van der Waals surface area contributed by atoms with E-state index in [0.29, 0.717) is 23.6 Å². The van der Waals surface area contributed by atoms with Gasteiger partial charge in [0, 0.05) is 12.1 Å². The molecule has 2 aromatic carbocycles. The average molecular weight is 386 g/mol. The van der Waals surface area contributed by atoms with Gasteiger partial charge >= 0.3 is 12.0 Å². The third-order valence-corrected chi connectivity index (χ3v) is 3.58. The van der Waals surface area contributed by atoms with Crippen molar-refractivity contribution in [3.63, 3.8) is 0 Å². The standard InChI is InChI=1S/C20H22N2O6/c1-3-21-20(25)22-19(24)18(14-9-5-4-6-10-14)28-17(23)13-27-16-12-8-7-11-15(16)26-2/h4-12,18H,3,13H2,1-2H3,(H2,21,22,24,25)/t18-/m1/s1. The van der Waals surface area contributed by atoms with Crippen molar-refractivity contribution in [2.24, 2.45) is 0 Å². The maximum absolute atomic E-state index is 12.4. The number of rotatable bonds is 8. The molecule has 0 fully saturated rings. The minimum Gasteiger partial charge on any atom is -0.493 e. The third-order valence-electron chi connectivity index (χ3n) is 3.58. The molecule has 2 rings (SSSR count). The van der Waals surface area contributed by atoms with E-state index in [2.05, 4.69) is 10.6 Å². The molecule has 0 radical (unpaired) electrons. The molecule has 0 saturated heterocycles. The molecule has 0 aliphatic heterocycles. The molecule has 0 spiro atoms. The number of hydrogen-bond acceptors (Lipinski definition) is 6. The smallest absolute Gasteiger partial charge is 0.345 e. The summed E-state index contributed by atoms with van der Waals surface area (Å²) in [4.78, 5) is 36.3. The van der Waals surface area contributed by atoms with Crippen LogP contribution in [0.3, 0.4) is 0 Å². The van der Waals surface area contributed by atoms with Crippen LogP contribution in [0.2, 0.25) is 0 Å². The predicted octanol–water partition coefficient (Wildman–Crippen LogP) is 2.20. The summed E-state index contributed by atoms with van der Waals surface area (Å²) in [6, 6.07) is 14.5. The van der Waals surface area contributed by atoms with Crippen LogP contribution in [0, 0.1) is 0 Å². The minimum atomic E-state index is -1.29. The van der Waals surface area contributed by atoms with Gasteiger partial charge in [0.2, 0.25) is 6.10 Å². The van der Waals surface area contributed by atoms with Gasteiger partial charge in [0.05, 0.1) is 7.11 Å². The van der Waals surface area contributed by atoms with Crippen molar-refractivity contribution in [2.45, 2.75) is 13.0 Å². The number of amides is 3. The molecule has 0 aliphatic carbocycles. The molecule has 0 saturated carbocycles. The summed E-state index contributed by atoms with van der Waals surface area (Å²) >= 11 is 0. The summed E-state index contributed by atoms with van der Waals surface area (Å²) in [7, 11) is 1.48. The van der Waals surface area contributed by atoms with Crippen LogP contribution in [-0.2, 0) is 14.3 Å². The SMILES string of the molecule is CCNC(=O)NC(=O)[C@H](OC(=O)COc1ccccc1OC)c1ccccc1. The number of benzene rings is 2. The normalized spacial score (nSPS) is 11.1. The number of esters is 1. The van der Waals surface area contributed by atoms with Gasteiger partial charge in [-0.3, -0.25) is 10.1 Å². The molecular weight excluding hydrogens is 364 g/mol. The van der Waals surface area contributed by atoms with Crippen molar-refractivity contribution in [1.82, 2.24) is 10.6 Å². The van der Waals surface area contributed by atoms with Gasteiger partial charge in [-0.25, -0.2) is 9.59 Å². The zero-order chi connectivity index (χ0) is 20.4. The van der Waals surface area contributed by atoms with Crippen molar-refractivity contribution < 1.29 is 28.6 Å². The Kier molecular flexibility index (Phi) is 7.83. The van der Waals surface area contributed by atoms with Crippen LogP contribution in [0.25, 0.3) is 0 Å². The van der Waals surface area contributed by atoms with Crippen molar-refractivity contribution in [2.75, 3.05) is 20.3 Å². The summed E-state index contributed by atoms with van der Waals surface area (Å²) in [5.74, 6) is -0.706. The van der Waals surface area contributed by atoms with Crippen LogP contribution in [0.1, 0.15) is 18.6 Å². The van der Waals surface area contributed by atoms with Gasteiger partial charge in [0.15, 0.2) is 18.1 Å². The molecule has 8 heteroatoms. The molecule has 0 aromatic heterocycles. The minimum absolute atomic E-state index is 0.349. The van der Waals surface area contributed by atoms with Gasteiger partial charge in [-0.2, -0.15) is 0 Å². The molecule has 0 unspecified atom stereocenters. The van der Waals surface area contributed by atoms with E-state index in [9.17, 15) is 14.4 Å². The van der Waals surface area contributed by atoms with Crippen molar-refractivity contribution in [3.05, 3.63) is 60.2 Å². The summed E-state index contributed by atoms with van der Waals surface area (Å²) < 4.78 is 15.8. The number of nitrogens with one attached hydrogen (secondary N) is 2. The Balaban J connectivity index is 2.06. The Morgan fingerprint density at radius 2 is 1.61 bits per heavy atom. The lowest BCUT2D eigenvalue weighted by Gasteiger charge is -2.18. The van der Waals surface area contributed by atoms with Crippen LogP contribution < -0.4 is 20.1 Å². The van der Waals surface area contributed by atoms with Gasteiger partial charge < -0.3 is 19.5 Å². The molecule has 148 valence electrons. The topological polar surface area (TPSA) is 103 Å². The highest BCUT2D eigenvalue weighted by atomic mass is 16.6. The van der Waals surface area contributed by atoms with Crippen LogP contribution >= 0.6 is 0 Å². The van der Waals surface area contributed by atoms with E-state index in [-0.39, 0.29) is 0 Å². The lowest BCUT2D eigenvalue weighted by Crippen LogP contribution is -2.42. The van der Waals surface area contributed by atoms with Crippen molar-refractivity contribution in [1.29, 1.82) is 0 Å². The number of methoxy groups -OCH3 is 1. The molecule has 2 N–H and O–H groups in total. The highest BCUT2D eigenvalue weighted by molar-refractivity contribution is 5.97. The van der Waals surface area contributed by atoms with Gasteiger partial charge in [0.1, 0.15) is 0 Å². The largest absolute Gasteiger partial charge is 0.493 e. The fourth-order valence-corrected chi connectivity index (χ4v) is 2.32. The number of urea groups is 1. The molecule has 28 heavy (non-hydrogen) atoms. The van der Waals surface area contributed by atoms with E-state index in [1.165, 1.54) is 7.11 Å². The van der Waals surface area contributed by atoms with E-state index in [0.717, 1.165) is 0 Å². The molecule has 8 nitrogen and oxygen atoms in total. The maximum atomic E-state index is 12.4. The van der Waals surface area contributed by atoms with Crippen LogP contribution in [0.15, 0.2) is 54.6 Å². The summed E-state index contributed by atoms with van der Waals surface area (Å²) in [5.41, 5.74) is 0.426. The maximum Gasteiger partial charge on any atom is 0.345 e. The predicted molar refractivity (Wildman–Crippen MR) is 101 cm³/mol. The second kappa shape index (κ2) is 10.6. The second-order valence-corrected chi connectivity index (χ2v) is 5.57. The summed E-state index contributed by atoms with van der Waals surface area (Å²) in [5, 5.41) is 4.60. The highest BCUT2D eigenvalue weighted by Crippen LogP contribution is 2.26. The molecule has 1 atom stereocenters. The number of para-hydroxylation sites is 2. The first-order chi connectivity index (χ1) is 13.5. The lowest BCUT2D eigenvalue weighted by atomic mass is 10.1. The Morgan fingerprint density at radius 1 is 0.964 bits per heavy atom. The number of hydrogen-bond donors (Lipinski definition) is 2. The summed E-state index contributed by atoms with van der Waals surface area (Å²) in [6.07, 6.45) is -1.29. The highest BCUT2D eigenvalue weighted by Gasteiger charge is 2.26. The van der Waals surface area contributed by atoms with E-state index in [1.54, 1.807) is 61.5 Å². The molecule has 0 heterocycles. The molecule has 0 aliphatic rings. The lowest BCUT2D eigenvalue weighted by molar-refractivity contribution is -0.158. The first-order valence-electron chi connectivity index (χ1n) is 8.64. The van der Waals surface area contributed by atoms with E-state index >= 15 is 0 Å². The fraction of sp³-hybridized carbons (Fsp3) is 0.250. The van der Waals surface area contributed by atoms with E-state index in [4.69, 9.17) is 14.2 Å². The Bertz CT molecular complexity index is 809. The number of carbonyl (C=O) groups excluding carboxylic acids is 3. The van der Waals surface area contributed by atoms with Crippen molar-refractivity contribution >= 4 is 17.9 Å². The first-order valence-corrected chi connectivity index (χ1v) is 8.64. The number of imide groups is 1. The number of ether oxygens (including phenoxy) is 3. The Hall–Kier alpha value is -3.55. The van der Waals surface area contributed by atoms with Gasteiger partial charge in [0.25, 0.3) is 5.91 Å². The number of carbonyl (C=O) groups is 3.